The maximum atomic E-state index is 12.7. The summed E-state index contributed by atoms with van der Waals surface area (Å²) in [5.74, 6) is 0.777. The molecule has 1 aromatic carbocycles. The van der Waals surface area contributed by atoms with E-state index in [1.54, 1.807) is 6.92 Å². The molecule has 0 bridgehead atoms. The Hall–Kier alpha value is -2.41. The average Bonchev–Trinajstić information content (AvgIpc) is 3.19. The van der Waals surface area contributed by atoms with Gasteiger partial charge in [-0.05, 0) is 35.6 Å². The molecule has 0 N–H and O–H groups in total. The van der Waals surface area contributed by atoms with E-state index in [0.717, 1.165) is 31.3 Å². The molecular formula is C22H24F3N3O. The van der Waals surface area contributed by atoms with E-state index >= 15 is 0 Å². The van der Waals surface area contributed by atoms with Crippen molar-refractivity contribution in [1.82, 2.24) is 14.8 Å². The van der Waals surface area contributed by atoms with Crippen LogP contribution in [0.2, 0.25) is 0 Å². The highest BCUT2D eigenvalue weighted by Gasteiger charge is 2.48. The van der Waals surface area contributed by atoms with Gasteiger partial charge in [0.05, 0.1) is 6.04 Å². The van der Waals surface area contributed by atoms with Crippen molar-refractivity contribution in [2.75, 3.05) is 19.6 Å². The highest BCUT2D eigenvalue weighted by molar-refractivity contribution is 5.74. The molecule has 1 amide bonds. The Morgan fingerprint density at radius 2 is 1.90 bits per heavy atom. The predicted molar refractivity (Wildman–Crippen MR) is 103 cm³/mol. The molecule has 0 unspecified atom stereocenters. The second kappa shape index (κ2) is 7.44. The molecule has 4 nitrogen and oxygen atoms in total. The molecule has 0 saturated carbocycles. The van der Waals surface area contributed by atoms with Gasteiger partial charge in [0.2, 0.25) is 5.91 Å². The van der Waals surface area contributed by atoms with Gasteiger partial charge in [0.25, 0.3) is 0 Å². The standard InChI is InChI=1S/C22H24F3N3O/c1-14-5-3-4-6-18(14)21-19-13-27(11-17(19)12-28(21)15(2)29)10-16-7-8-20(26-9-16)22(23,24)25/h3-9,17,19,21H,10-13H2,1-2H3/t17-,19-,21+/m1/s1. The van der Waals surface area contributed by atoms with E-state index in [-0.39, 0.29) is 11.9 Å². The SMILES string of the molecule is CC(=O)N1C[C@H]2CN(Cc3ccc(C(F)(F)F)nc3)C[C@H]2[C@@H]1c1ccccc1C. The number of hydrogen-bond acceptors (Lipinski definition) is 3. The fraction of sp³-hybridized carbons (Fsp3) is 0.455. The number of hydrogen-bond donors (Lipinski definition) is 0. The maximum Gasteiger partial charge on any atom is 0.433 e. The average molecular weight is 403 g/mol. The van der Waals surface area contributed by atoms with Crippen LogP contribution in [-0.4, -0.2) is 40.3 Å². The molecule has 3 heterocycles. The molecule has 2 aliphatic heterocycles. The molecule has 1 aromatic heterocycles. The van der Waals surface area contributed by atoms with Gasteiger partial charge in [0.1, 0.15) is 5.69 Å². The minimum atomic E-state index is -4.42. The lowest BCUT2D eigenvalue weighted by Gasteiger charge is -2.30. The Balaban J connectivity index is 1.51. The quantitative estimate of drug-likeness (QED) is 0.776. The van der Waals surface area contributed by atoms with Crippen LogP contribution in [-0.2, 0) is 17.5 Å². The topological polar surface area (TPSA) is 36.4 Å². The van der Waals surface area contributed by atoms with Gasteiger partial charge in [0, 0.05) is 45.2 Å². The Morgan fingerprint density at radius 1 is 1.14 bits per heavy atom. The van der Waals surface area contributed by atoms with Crippen LogP contribution < -0.4 is 0 Å². The first-order valence-electron chi connectivity index (χ1n) is 9.81. The van der Waals surface area contributed by atoms with Gasteiger partial charge in [-0.2, -0.15) is 13.2 Å². The van der Waals surface area contributed by atoms with E-state index in [1.165, 1.54) is 23.4 Å². The van der Waals surface area contributed by atoms with Gasteiger partial charge in [-0.25, -0.2) is 0 Å². The summed E-state index contributed by atoms with van der Waals surface area (Å²) in [5, 5.41) is 0. The van der Waals surface area contributed by atoms with Gasteiger partial charge < -0.3 is 4.90 Å². The van der Waals surface area contributed by atoms with E-state index in [1.807, 2.05) is 17.0 Å². The molecule has 2 aromatic rings. The van der Waals surface area contributed by atoms with Crippen molar-refractivity contribution in [3.63, 3.8) is 0 Å². The van der Waals surface area contributed by atoms with Gasteiger partial charge in [-0.1, -0.05) is 30.3 Å². The lowest BCUT2D eigenvalue weighted by Crippen LogP contribution is -2.34. The normalized spacial score (nSPS) is 24.7. The van der Waals surface area contributed by atoms with E-state index in [0.29, 0.717) is 18.4 Å². The minimum absolute atomic E-state index is 0.0504. The number of amides is 1. The number of aryl methyl sites for hydroxylation is 1. The number of likely N-dealkylation sites (tertiary alicyclic amines) is 2. The minimum Gasteiger partial charge on any atom is -0.335 e. The molecule has 0 aliphatic carbocycles. The Kier molecular flexibility index (Phi) is 5.11. The number of fused-ring (bicyclic) bond motifs is 1. The summed E-state index contributed by atoms with van der Waals surface area (Å²) in [7, 11) is 0. The molecule has 0 radical (unpaired) electrons. The molecule has 2 fully saturated rings. The van der Waals surface area contributed by atoms with Crippen LogP contribution >= 0.6 is 0 Å². The highest BCUT2D eigenvalue weighted by atomic mass is 19.4. The molecule has 0 spiro atoms. The van der Waals surface area contributed by atoms with Crippen molar-refractivity contribution in [3.05, 3.63) is 65.0 Å². The van der Waals surface area contributed by atoms with Crippen molar-refractivity contribution in [2.24, 2.45) is 11.8 Å². The molecule has 7 heteroatoms. The van der Waals surface area contributed by atoms with Gasteiger partial charge in [-0.15, -0.1) is 0 Å². The molecule has 2 saturated heterocycles. The number of benzene rings is 1. The van der Waals surface area contributed by atoms with Crippen molar-refractivity contribution in [2.45, 2.75) is 32.6 Å². The van der Waals surface area contributed by atoms with Gasteiger partial charge >= 0.3 is 6.18 Å². The summed E-state index contributed by atoms with van der Waals surface area (Å²) in [6.45, 7) is 6.63. The highest BCUT2D eigenvalue weighted by Crippen LogP contribution is 2.46. The molecule has 4 rings (SSSR count). The van der Waals surface area contributed by atoms with Crippen molar-refractivity contribution < 1.29 is 18.0 Å². The Labute approximate surface area is 168 Å². The lowest BCUT2D eigenvalue weighted by atomic mass is 9.87. The van der Waals surface area contributed by atoms with E-state index in [4.69, 9.17) is 0 Å². The van der Waals surface area contributed by atoms with E-state index in [9.17, 15) is 18.0 Å². The number of alkyl halides is 3. The first-order valence-corrected chi connectivity index (χ1v) is 9.81. The third-order valence-electron chi connectivity index (χ3n) is 6.17. The summed E-state index contributed by atoms with van der Waals surface area (Å²) >= 11 is 0. The second-order valence-corrected chi connectivity index (χ2v) is 8.14. The summed E-state index contributed by atoms with van der Waals surface area (Å²) in [6, 6.07) is 10.8. The largest absolute Gasteiger partial charge is 0.433 e. The molecular weight excluding hydrogens is 379 g/mol. The van der Waals surface area contributed by atoms with Crippen molar-refractivity contribution in [3.8, 4) is 0 Å². The third-order valence-corrected chi connectivity index (χ3v) is 6.17. The Morgan fingerprint density at radius 3 is 2.52 bits per heavy atom. The van der Waals surface area contributed by atoms with Crippen LogP contribution in [0.1, 0.15) is 35.3 Å². The van der Waals surface area contributed by atoms with E-state index < -0.39 is 11.9 Å². The monoisotopic (exact) mass is 403 g/mol. The predicted octanol–water partition coefficient (Wildman–Crippen LogP) is 4.06. The number of pyridine rings is 1. The number of aromatic nitrogens is 1. The summed E-state index contributed by atoms with van der Waals surface area (Å²) < 4.78 is 38.1. The zero-order valence-corrected chi connectivity index (χ0v) is 16.5. The van der Waals surface area contributed by atoms with Crippen LogP contribution in [0.25, 0.3) is 0 Å². The molecule has 3 atom stereocenters. The van der Waals surface area contributed by atoms with Gasteiger partial charge in [0.15, 0.2) is 0 Å². The number of halogens is 3. The fourth-order valence-electron chi connectivity index (χ4n) is 4.85. The number of rotatable bonds is 3. The smallest absolute Gasteiger partial charge is 0.335 e. The zero-order chi connectivity index (χ0) is 20.8. The maximum absolute atomic E-state index is 12.7. The van der Waals surface area contributed by atoms with Crippen molar-refractivity contribution in [1.29, 1.82) is 0 Å². The summed E-state index contributed by atoms with van der Waals surface area (Å²) in [4.78, 5) is 20.1. The van der Waals surface area contributed by atoms with Crippen LogP contribution in [0, 0.1) is 18.8 Å². The van der Waals surface area contributed by atoms with Crippen LogP contribution in [0.3, 0.4) is 0 Å². The zero-order valence-electron chi connectivity index (χ0n) is 16.5. The number of nitrogens with zero attached hydrogens (tertiary/aromatic N) is 3. The fourth-order valence-corrected chi connectivity index (χ4v) is 4.85. The number of carbonyl (C=O) groups is 1. The molecule has 29 heavy (non-hydrogen) atoms. The van der Waals surface area contributed by atoms with Crippen LogP contribution in [0.5, 0.6) is 0 Å². The van der Waals surface area contributed by atoms with Gasteiger partial charge in [-0.3, -0.25) is 14.7 Å². The molecule has 154 valence electrons. The Bertz CT molecular complexity index is 897. The summed E-state index contributed by atoms with van der Waals surface area (Å²) in [6.07, 6.45) is -3.10. The summed E-state index contributed by atoms with van der Waals surface area (Å²) in [5.41, 5.74) is 2.27. The third kappa shape index (κ3) is 3.88. The van der Waals surface area contributed by atoms with Crippen LogP contribution in [0.15, 0.2) is 42.6 Å². The van der Waals surface area contributed by atoms with Crippen LogP contribution in [0.4, 0.5) is 13.2 Å². The molecule has 2 aliphatic rings. The van der Waals surface area contributed by atoms with E-state index in [2.05, 4.69) is 28.9 Å². The van der Waals surface area contributed by atoms with Crippen molar-refractivity contribution >= 4 is 5.91 Å². The number of carbonyl (C=O) groups excluding carboxylic acids is 1. The first-order chi connectivity index (χ1) is 13.7. The lowest BCUT2D eigenvalue weighted by molar-refractivity contribution is -0.141. The second-order valence-electron chi connectivity index (χ2n) is 8.14. The first kappa shape index (κ1) is 19.9.